The predicted molar refractivity (Wildman–Crippen MR) is 56.5 cm³/mol. The van der Waals surface area contributed by atoms with Crippen molar-refractivity contribution in [2.75, 3.05) is 0 Å². The van der Waals surface area contributed by atoms with Gasteiger partial charge in [0, 0.05) is 0 Å². The molecule has 0 spiro atoms. The molecule has 0 amide bonds. The number of carbonyl (C=O) groups excluding carboxylic acids is 1. The van der Waals surface area contributed by atoms with Gasteiger partial charge in [0.2, 0.25) is 0 Å². The highest BCUT2D eigenvalue weighted by atomic mass is 16.1. The highest BCUT2D eigenvalue weighted by Gasteiger charge is 2.18. The number of carbonyl (C=O) groups is 1. The molecule has 0 heterocycles. The van der Waals surface area contributed by atoms with Crippen molar-refractivity contribution in [2.24, 2.45) is 11.7 Å². The smallest absolute Gasteiger partial charge is 0.175 e. The topological polar surface area (TPSA) is 43.1 Å². The van der Waals surface area contributed by atoms with Crippen LogP contribution in [0.5, 0.6) is 0 Å². The Balaban J connectivity index is 4.02. The molecular weight excluding hydrogens is 162 g/mol. The zero-order valence-corrected chi connectivity index (χ0v) is 8.97. The summed E-state index contributed by atoms with van der Waals surface area (Å²) >= 11 is 0. The van der Waals surface area contributed by atoms with Gasteiger partial charge in [-0.3, -0.25) is 4.79 Å². The summed E-state index contributed by atoms with van der Waals surface area (Å²) in [6, 6.07) is -0.371. The molecule has 0 aromatic heterocycles. The van der Waals surface area contributed by atoms with E-state index in [-0.39, 0.29) is 17.7 Å². The number of Topliss-reactive ketones (excluding diaryl/α,β-unsaturated/α-hetero) is 1. The van der Waals surface area contributed by atoms with Crippen LogP contribution in [-0.2, 0) is 4.79 Å². The second-order valence-corrected chi connectivity index (χ2v) is 3.84. The zero-order chi connectivity index (χ0) is 10.4. The quantitative estimate of drug-likeness (QED) is 0.642. The summed E-state index contributed by atoms with van der Waals surface area (Å²) < 4.78 is 0. The van der Waals surface area contributed by atoms with Gasteiger partial charge in [0.05, 0.1) is 6.04 Å². The fraction of sp³-hybridized carbons (Fsp3) is 0.727. The largest absolute Gasteiger partial charge is 0.321 e. The van der Waals surface area contributed by atoms with Gasteiger partial charge >= 0.3 is 0 Å². The van der Waals surface area contributed by atoms with Crippen LogP contribution < -0.4 is 5.73 Å². The molecule has 1 atom stereocenters. The van der Waals surface area contributed by atoms with E-state index in [1.807, 2.05) is 13.8 Å². The van der Waals surface area contributed by atoms with Crippen molar-refractivity contribution in [1.82, 2.24) is 0 Å². The van der Waals surface area contributed by atoms with Gasteiger partial charge in [-0.25, -0.2) is 0 Å². The van der Waals surface area contributed by atoms with Crippen molar-refractivity contribution >= 4 is 5.78 Å². The summed E-state index contributed by atoms with van der Waals surface area (Å²) in [6.45, 7) is 9.77. The van der Waals surface area contributed by atoms with E-state index in [0.717, 1.165) is 19.3 Å². The van der Waals surface area contributed by atoms with Gasteiger partial charge in [-0.15, -0.1) is 0 Å². The molecular formula is C11H21NO. The molecule has 0 aliphatic heterocycles. The average molecular weight is 183 g/mol. The minimum absolute atomic E-state index is 0.0310. The van der Waals surface area contributed by atoms with Gasteiger partial charge < -0.3 is 5.73 Å². The molecule has 2 nitrogen and oxygen atoms in total. The Morgan fingerprint density at radius 3 is 2.38 bits per heavy atom. The first-order chi connectivity index (χ1) is 6.00. The average Bonchev–Trinajstić information content (AvgIpc) is 2.11. The lowest BCUT2D eigenvalue weighted by Crippen LogP contribution is -2.36. The molecule has 0 aliphatic rings. The maximum Gasteiger partial charge on any atom is 0.175 e. The Kier molecular flexibility index (Phi) is 5.63. The summed E-state index contributed by atoms with van der Waals surface area (Å²) in [5.41, 5.74) is 6.41. The summed E-state index contributed by atoms with van der Waals surface area (Å²) in [5.74, 6) is 0.231. The van der Waals surface area contributed by atoms with E-state index in [9.17, 15) is 4.79 Å². The second-order valence-electron chi connectivity index (χ2n) is 3.84. The molecule has 76 valence electrons. The number of ketones is 1. The SMILES string of the molecule is C=C(CCCC)C(=O)[C@@H](N)C(C)C. The minimum atomic E-state index is -0.371. The van der Waals surface area contributed by atoms with Crippen molar-refractivity contribution < 1.29 is 4.79 Å². The van der Waals surface area contributed by atoms with Crippen LogP contribution in [0.2, 0.25) is 0 Å². The van der Waals surface area contributed by atoms with Gasteiger partial charge in [0.25, 0.3) is 0 Å². The molecule has 0 fully saturated rings. The normalized spacial score (nSPS) is 13.0. The third-order valence-electron chi connectivity index (χ3n) is 2.20. The first-order valence-corrected chi connectivity index (χ1v) is 4.98. The van der Waals surface area contributed by atoms with Gasteiger partial charge in [0.15, 0.2) is 5.78 Å². The molecule has 0 unspecified atom stereocenters. The maximum absolute atomic E-state index is 11.6. The Morgan fingerprint density at radius 1 is 1.46 bits per heavy atom. The second kappa shape index (κ2) is 5.92. The summed E-state index contributed by atoms with van der Waals surface area (Å²) in [7, 11) is 0. The van der Waals surface area contributed by atoms with Crippen LogP contribution in [0.4, 0.5) is 0 Å². The van der Waals surface area contributed by atoms with E-state index in [1.54, 1.807) is 0 Å². The zero-order valence-electron chi connectivity index (χ0n) is 8.97. The molecule has 0 radical (unpaired) electrons. The number of hydrogen-bond acceptors (Lipinski definition) is 2. The third-order valence-corrected chi connectivity index (χ3v) is 2.20. The fourth-order valence-corrected chi connectivity index (χ4v) is 1.05. The monoisotopic (exact) mass is 183 g/mol. The van der Waals surface area contributed by atoms with Crippen molar-refractivity contribution in [3.05, 3.63) is 12.2 Å². The Labute approximate surface area is 81.2 Å². The minimum Gasteiger partial charge on any atom is -0.321 e. The van der Waals surface area contributed by atoms with Crippen molar-refractivity contribution in [2.45, 2.75) is 46.1 Å². The maximum atomic E-state index is 11.6. The van der Waals surface area contributed by atoms with Crippen LogP contribution in [0.3, 0.4) is 0 Å². The van der Waals surface area contributed by atoms with E-state index in [4.69, 9.17) is 5.73 Å². The van der Waals surface area contributed by atoms with Crippen molar-refractivity contribution in [3.8, 4) is 0 Å². The fourth-order valence-electron chi connectivity index (χ4n) is 1.05. The van der Waals surface area contributed by atoms with Gasteiger partial charge in [-0.2, -0.15) is 0 Å². The number of hydrogen-bond donors (Lipinski definition) is 1. The lowest BCUT2D eigenvalue weighted by Gasteiger charge is -2.15. The van der Waals surface area contributed by atoms with Crippen molar-refractivity contribution in [1.29, 1.82) is 0 Å². The Hall–Kier alpha value is -0.630. The Morgan fingerprint density at radius 2 is 2.00 bits per heavy atom. The Bertz CT molecular complexity index is 185. The van der Waals surface area contributed by atoms with Gasteiger partial charge in [0.1, 0.15) is 0 Å². The van der Waals surface area contributed by atoms with Gasteiger partial charge in [-0.05, 0) is 24.3 Å². The molecule has 0 saturated heterocycles. The van der Waals surface area contributed by atoms with E-state index in [0.29, 0.717) is 5.57 Å². The molecule has 2 heteroatoms. The van der Waals surface area contributed by atoms with Crippen LogP contribution >= 0.6 is 0 Å². The van der Waals surface area contributed by atoms with Crippen LogP contribution in [-0.4, -0.2) is 11.8 Å². The molecule has 0 saturated carbocycles. The van der Waals surface area contributed by atoms with Crippen LogP contribution in [0.25, 0.3) is 0 Å². The van der Waals surface area contributed by atoms with E-state index in [1.165, 1.54) is 0 Å². The summed E-state index contributed by atoms with van der Waals surface area (Å²) in [6.07, 6.45) is 2.90. The third kappa shape index (κ3) is 4.23. The molecule has 0 aromatic rings. The van der Waals surface area contributed by atoms with E-state index in [2.05, 4.69) is 13.5 Å². The van der Waals surface area contributed by atoms with E-state index < -0.39 is 0 Å². The highest BCUT2D eigenvalue weighted by molar-refractivity contribution is 5.98. The lowest BCUT2D eigenvalue weighted by molar-refractivity contribution is -0.117. The first kappa shape index (κ1) is 12.4. The van der Waals surface area contributed by atoms with Crippen LogP contribution in [0.15, 0.2) is 12.2 Å². The van der Waals surface area contributed by atoms with Crippen LogP contribution in [0.1, 0.15) is 40.0 Å². The standard InChI is InChI=1S/C11H21NO/c1-5-6-7-9(4)11(13)10(12)8(2)3/h8,10H,4-7,12H2,1-3H3/t10-/m0/s1. The van der Waals surface area contributed by atoms with Crippen molar-refractivity contribution in [3.63, 3.8) is 0 Å². The molecule has 0 aliphatic carbocycles. The molecule has 0 rings (SSSR count). The molecule has 2 N–H and O–H groups in total. The summed E-state index contributed by atoms with van der Waals surface area (Å²) in [4.78, 5) is 11.6. The lowest BCUT2D eigenvalue weighted by atomic mass is 9.94. The van der Waals surface area contributed by atoms with Gasteiger partial charge in [-0.1, -0.05) is 33.8 Å². The highest BCUT2D eigenvalue weighted by Crippen LogP contribution is 2.11. The molecule has 13 heavy (non-hydrogen) atoms. The van der Waals surface area contributed by atoms with Crippen LogP contribution in [0, 0.1) is 5.92 Å². The summed E-state index contributed by atoms with van der Waals surface area (Å²) in [5, 5.41) is 0. The van der Waals surface area contributed by atoms with E-state index >= 15 is 0 Å². The number of nitrogens with two attached hydrogens (primary N) is 1. The number of unbranched alkanes of at least 4 members (excludes halogenated alkanes) is 1. The number of rotatable bonds is 6. The molecule has 0 aromatic carbocycles. The first-order valence-electron chi connectivity index (χ1n) is 4.98. The predicted octanol–water partition coefficient (Wildman–Crippen LogP) is 2.29. The molecule has 0 bridgehead atoms.